The molecule has 0 rings (SSSR count). The molecule has 0 atom stereocenters. The van der Waals surface area contributed by atoms with E-state index in [-0.39, 0.29) is 113 Å². The summed E-state index contributed by atoms with van der Waals surface area (Å²) >= 11 is 2.62. The summed E-state index contributed by atoms with van der Waals surface area (Å²) in [7, 11) is -10.8. The van der Waals surface area contributed by atoms with E-state index < -0.39 is 15.6 Å². The molecule has 0 N–H and O–H groups in total. The Morgan fingerprint density at radius 3 is 0.600 bits per heavy atom. The second kappa shape index (κ2) is 20.6. The topological polar surface area (TPSA) is 190 Å². The number of hydrogen-bond donors (Lipinski definition) is 0. The third-order valence-electron chi connectivity index (χ3n) is 0. The minimum atomic E-state index is -5.39. The third kappa shape index (κ3) is 264. The van der Waals surface area contributed by atoms with Crippen LogP contribution in [0.25, 0.3) is 0 Å². The van der Waals surface area contributed by atoms with Crippen LogP contribution in [0.1, 0.15) is 0 Å². The van der Waals surface area contributed by atoms with Gasteiger partial charge in [-0.25, -0.2) is 0 Å². The number of phosphoric acid groups is 2. The minimum absolute atomic E-state index is 0. The van der Waals surface area contributed by atoms with E-state index in [1.165, 1.54) is 0 Å². The molecule has 15 heavy (non-hydrogen) atoms. The van der Waals surface area contributed by atoms with Gasteiger partial charge in [-0.15, -0.1) is 0 Å². The fourth-order valence-electron chi connectivity index (χ4n) is 0. The molecule has 0 bridgehead atoms. The van der Waals surface area contributed by atoms with Gasteiger partial charge in [-0.05, 0) is 0 Å². The zero-order valence-corrected chi connectivity index (χ0v) is 16.4. The zero-order chi connectivity index (χ0) is 11.0. The molecule has 0 aliphatic carbocycles. The molecule has 0 aromatic rings. The molecule has 0 radical (unpaired) electrons. The van der Waals surface area contributed by atoms with Gasteiger partial charge in [-0.3, -0.25) is 0 Å². The summed E-state index contributed by atoms with van der Waals surface area (Å²) in [4.78, 5) is 51.3. The first-order valence-electron chi connectivity index (χ1n) is 1.59. The molecule has 0 fully saturated rings. The SMILES string of the molecule is O=P([O-])([O-])[O-].O=P([O-])([O-])[O-].[Ca+2].[Ca+2].[Ca+2].[O]=[Ni]. The Morgan fingerprint density at radius 1 is 0.600 bits per heavy atom. The molecule has 0 aliphatic rings. The second-order valence-electron chi connectivity index (χ2n) is 0.894. The van der Waals surface area contributed by atoms with E-state index in [1.54, 1.807) is 0 Å². The molecule has 0 saturated heterocycles. The monoisotopic (exact) mass is 384 g/mol. The van der Waals surface area contributed by atoms with E-state index in [1.807, 2.05) is 0 Å². The van der Waals surface area contributed by atoms with E-state index in [4.69, 9.17) is 42.4 Å². The summed E-state index contributed by atoms with van der Waals surface area (Å²) in [5.41, 5.74) is 0. The van der Waals surface area contributed by atoms with Crippen LogP contribution in [-0.4, -0.2) is 113 Å². The van der Waals surface area contributed by atoms with Gasteiger partial charge in [0.05, 0.1) is 0 Å². The summed E-state index contributed by atoms with van der Waals surface area (Å²) in [6, 6.07) is 0. The maximum atomic E-state index is 8.55. The van der Waals surface area contributed by atoms with Crippen molar-refractivity contribution in [2.24, 2.45) is 0 Å². The van der Waals surface area contributed by atoms with Crippen molar-refractivity contribution >= 4 is 129 Å². The quantitative estimate of drug-likeness (QED) is 0.288. The first kappa shape index (κ1) is 36.5. The summed E-state index contributed by atoms with van der Waals surface area (Å²) in [6.07, 6.45) is 0. The molecule has 0 aromatic heterocycles. The average molecular weight is 385 g/mol. The first-order valence-corrected chi connectivity index (χ1v) is 4.91. The summed E-state index contributed by atoms with van der Waals surface area (Å²) in [5.74, 6) is 0. The molecule has 0 amide bonds. The van der Waals surface area contributed by atoms with Crippen LogP contribution in [-0.2, 0) is 28.4 Å². The Bertz CT molecular complexity index is 147. The predicted octanol–water partition coefficient (Wildman–Crippen LogP) is -6.91. The van der Waals surface area contributed by atoms with Gasteiger partial charge in [0, 0.05) is 0 Å². The summed E-state index contributed by atoms with van der Waals surface area (Å²) in [6.45, 7) is 0. The standard InChI is InChI=1S/3Ca.Ni.2H3O4P.O/c;;;;2*1-5(2,3)4;/h;;;;2*(H3,1,2,3,4);/q3*+2;;;;/p-6. The van der Waals surface area contributed by atoms with E-state index in [0.717, 1.165) is 0 Å². The van der Waals surface area contributed by atoms with Crippen molar-refractivity contribution in [2.45, 2.75) is 0 Å². The molecule has 9 nitrogen and oxygen atoms in total. The maximum absolute atomic E-state index is 8.55. The Labute approximate surface area is 182 Å². The number of hydrogen-bond acceptors (Lipinski definition) is 9. The summed E-state index contributed by atoms with van der Waals surface area (Å²) < 4.78 is 25.0. The Hall–Kier alpha value is 4.29. The fraction of sp³-hybridized carbons (Fsp3) is 0. The molecule has 0 saturated carbocycles. The van der Waals surface area contributed by atoms with Crippen molar-refractivity contribution in [2.75, 3.05) is 0 Å². The van der Waals surface area contributed by atoms with Gasteiger partial charge in [0.15, 0.2) is 0 Å². The predicted molar refractivity (Wildman–Crippen MR) is 33.2 cm³/mol. The molecular weight excluding hydrogens is 385 g/mol. The zero-order valence-electron chi connectivity index (χ0n) is 7.01. The molecule has 0 aromatic carbocycles. The Morgan fingerprint density at radius 2 is 0.600 bits per heavy atom. The molecule has 0 unspecified atom stereocenters. The molecule has 0 spiro atoms. The van der Waals surface area contributed by atoms with Crippen LogP contribution in [0.5, 0.6) is 0 Å². The van der Waals surface area contributed by atoms with Gasteiger partial charge in [-0.2, -0.15) is 15.6 Å². The van der Waals surface area contributed by atoms with Crippen molar-refractivity contribution in [1.29, 1.82) is 0 Å². The van der Waals surface area contributed by atoms with Crippen molar-refractivity contribution in [1.82, 2.24) is 0 Å². The first-order chi connectivity index (χ1) is 5.00. The van der Waals surface area contributed by atoms with Crippen molar-refractivity contribution < 1.29 is 57.8 Å². The van der Waals surface area contributed by atoms with Crippen LogP contribution in [0.15, 0.2) is 0 Å². The third-order valence-corrected chi connectivity index (χ3v) is 0. The normalized spacial score (nSPS) is 8.27. The van der Waals surface area contributed by atoms with Crippen molar-refractivity contribution in [3.8, 4) is 0 Å². The van der Waals surface area contributed by atoms with E-state index in [9.17, 15) is 0 Å². The average Bonchev–Trinajstić information content (AvgIpc) is 1.59. The molecule has 0 heterocycles. The van der Waals surface area contributed by atoms with Crippen LogP contribution in [0.3, 0.4) is 0 Å². The Kier molecular flexibility index (Phi) is 50.2. The van der Waals surface area contributed by atoms with Crippen LogP contribution in [0, 0.1) is 0 Å². The van der Waals surface area contributed by atoms with Gasteiger partial charge in [0.1, 0.15) is 0 Å². The molecule has 80 valence electrons. The second-order valence-corrected chi connectivity index (χ2v) is 2.68. The number of rotatable bonds is 0. The fourth-order valence-corrected chi connectivity index (χ4v) is 0. The molecule has 0 aliphatic heterocycles. The summed E-state index contributed by atoms with van der Waals surface area (Å²) in [5, 5.41) is 0. The van der Waals surface area contributed by atoms with Crippen LogP contribution < -0.4 is 29.4 Å². The van der Waals surface area contributed by atoms with Gasteiger partial charge in [-0.1, -0.05) is 0 Å². The Balaban J connectivity index is -0.0000000197. The van der Waals surface area contributed by atoms with Gasteiger partial charge in [0.2, 0.25) is 0 Å². The molecule has 15 heteroatoms. The van der Waals surface area contributed by atoms with Crippen LogP contribution >= 0.6 is 15.6 Å². The van der Waals surface area contributed by atoms with Gasteiger partial charge in [0.25, 0.3) is 0 Å². The van der Waals surface area contributed by atoms with Gasteiger partial charge >= 0.3 is 133 Å². The van der Waals surface area contributed by atoms with Gasteiger partial charge < -0.3 is 38.5 Å². The molecular formula is Ca3NiO9P2. The van der Waals surface area contributed by atoms with E-state index in [2.05, 4.69) is 15.4 Å². The van der Waals surface area contributed by atoms with Crippen molar-refractivity contribution in [3.05, 3.63) is 0 Å². The van der Waals surface area contributed by atoms with Crippen LogP contribution in [0.4, 0.5) is 0 Å². The van der Waals surface area contributed by atoms with E-state index in [0.29, 0.717) is 0 Å². The van der Waals surface area contributed by atoms with Crippen molar-refractivity contribution in [3.63, 3.8) is 0 Å². The van der Waals surface area contributed by atoms with Crippen LogP contribution in [0.2, 0.25) is 0 Å². The van der Waals surface area contributed by atoms with E-state index >= 15 is 0 Å².